The van der Waals surface area contributed by atoms with E-state index in [1.165, 1.54) is 0 Å². The van der Waals surface area contributed by atoms with Crippen molar-refractivity contribution in [3.63, 3.8) is 0 Å². The predicted molar refractivity (Wildman–Crippen MR) is 112 cm³/mol. The molecule has 5 aromatic carbocycles. The van der Waals surface area contributed by atoms with Crippen molar-refractivity contribution in [1.82, 2.24) is 0 Å². The first-order valence-electron chi connectivity index (χ1n) is 10.0. The van der Waals surface area contributed by atoms with Crippen LogP contribution in [-0.2, 0) is 0 Å². The summed E-state index contributed by atoms with van der Waals surface area (Å²) in [6, 6.07) is 5.56. The second-order valence-corrected chi connectivity index (χ2v) is 7.79. The zero-order valence-electron chi connectivity index (χ0n) is 17.4. The van der Waals surface area contributed by atoms with Gasteiger partial charge >= 0.3 is 0 Å². The van der Waals surface area contributed by atoms with Crippen LogP contribution in [-0.4, -0.2) is 0 Å². The largest absolute Gasteiger partial charge is 0.207 e. The van der Waals surface area contributed by atoms with Crippen LogP contribution in [0.1, 0.15) is 0 Å². The van der Waals surface area contributed by atoms with Gasteiger partial charge < -0.3 is 0 Å². The van der Waals surface area contributed by atoms with E-state index in [1.807, 2.05) is 0 Å². The summed E-state index contributed by atoms with van der Waals surface area (Å²) >= 11 is 0. The molecule has 0 bridgehead atoms. The molecular formula is C26H8F10. The van der Waals surface area contributed by atoms with Crippen molar-refractivity contribution >= 4 is 21.5 Å². The molecule has 0 aliphatic heterocycles. The van der Waals surface area contributed by atoms with Gasteiger partial charge in [-0.3, -0.25) is 0 Å². The normalized spacial score (nSPS) is 11.6. The van der Waals surface area contributed by atoms with E-state index in [4.69, 9.17) is 0 Å². The Morgan fingerprint density at radius 3 is 1.44 bits per heavy atom. The number of hydrogen-bond donors (Lipinski definition) is 0. The van der Waals surface area contributed by atoms with Crippen molar-refractivity contribution in [2.45, 2.75) is 0 Å². The van der Waals surface area contributed by atoms with Gasteiger partial charge in [-0.05, 0) is 47.2 Å². The summed E-state index contributed by atoms with van der Waals surface area (Å²) in [5.74, 6) is -18.0. The van der Waals surface area contributed by atoms with Gasteiger partial charge in [-0.1, -0.05) is 6.07 Å². The first-order chi connectivity index (χ1) is 17.0. The summed E-state index contributed by atoms with van der Waals surface area (Å²) in [6.45, 7) is 0. The molecule has 182 valence electrons. The summed E-state index contributed by atoms with van der Waals surface area (Å²) < 4.78 is 145. The standard InChI is InChI=1S/C26H8F10/c27-9-1-3-11-13(7-9)18(21-22(32)24(34)26(36)25(35)23(21)33)20-15(30)6-5-14(29)19(20)17(11)12-4-2-10(28)8-16(12)31/h1-8H. The highest BCUT2D eigenvalue weighted by Crippen LogP contribution is 2.48. The average molecular weight is 510 g/mol. The number of halogens is 10. The lowest BCUT2D eigenvalue weighted by molar-refractivity contribution is 0.381. The predicted octanol–water partition coefficient (Wildman–Crippen LogP) is 8.72. The highest BCUT2D eigenvalue weighted by Gasteiger charge is 2.31. The molecule has 0 nitrogen and oxygen atoms in total. The number of benzene rings is 5. The van der Waals surface area contributed by atoms with E-state index in [1.54, 1.807) is 0 Å². The van der Waals surface area contributed by atoms with Gasteiger partial charge in [0.25, 0.3) is 0 Å². The van der Waals surface area contributed by atoms with Crippen LogP contribution in [0.2, 0.25) is 0 Å². The van der Waals surface area contributed by atoms with Crippen molar-refractivity contribution in [3.05, 3.63) is 107 Å². The monoisotopic (exact) mass is 510 g/mol. The Morgan fingerprint density at radius 1 is 0.361 bits per heavy atom. The Kier molecular flexibility index (Phi) is 5.42. The van der Waals surface area contributed by atoms with Gasteiger partial charge in [0.1, 0.15) is 29.1 Å². The molecule has 0 fully saturated rings. The van der Waals surface area contributed by atoms with Crippen molar-refractivity contribution < 1.29 is 43.9 Å². The van der Waals surface area contributed by atoms with E-state index in [0.29, 0.717) is 24.3 Å². The molecule has 0 saturated carbocycles. The molecule has 0 aromatic heterocycles. The Bertz CT molecular complexity index is 1710. The summed E-state index contributed by atoms with van der Waals surface area (Å²) in [5, 5.41) is -2.76. The van der Waals surface area contributed by atoms with Crippen molar-refractivity contribution in [1.29, 1.82) is 0 Å². The molecule has 0 radical (unpaired) electrons. The number of hydrogen-bond acceptors (Lipinski definition) is 0. The van der Waals surface area contributed by atoms with Gasteiger partial charge in [-0.15, -0.1) is 0 Å². The molecule has 36 heavy (non-hydrogen) atoms. The van der Waals surface area contributed by atoms with Crippen LogP contribution in [0.5, 0.6) is 0 Å². The van der Waals surface area contributed by atoms with Crippen LogP contribution >= 0.6 is 0 Å². The second-order valence-electron chi connectivity index (χ2n) is 7.79. The maximum Gasteiger partial charge on any atom is 0.200 e. The smallest absolute Gasteiger partial charge is 0.200 e. The molecule has 0 saturated heterocycles. The number of rotatable bonds is 2. The van der Waals surface area contributed by atoms with E-state index < -0.39 is 96.6 Å². The Labute approximate surface area is 195 Å². The first-order valence-corrected chi connectivity index (χ1v) is 10.0. The third-order valence-electron chi connectivity index (χ3n) is 5.78. The van der Waals surface area contributed by atoms with E-state index in [-0.39, 0.29) is 5.39 Å². The Hall–Kier alpha value is -4.08. The van der Waals surface area contributed by atoms with Crippen LogP contribution in [0.25, 0.3) is 43.8 Å². The molecule has 0 aliphatic carbocycles. The summed E-state index contributed by atoms with van der Waals surface area (Å²) in [7, 11) is 0. The highest BCUT2D eigenvalue weighted by atomic mass is 19.2. The van der Waals surface area contributed by atoms with Gasteiger partial charge in [0.15, 0.2) is 23.3 Å². The fourth-order valence-corrected chi connectivity index (χ4v) is 4.31. The van der Waals surface area contributed by atoms with Gasteiger partial charge in [0.05, 0.1) is 5.56 Å². The van der Waals surface area contributed by atoms with Gasteiger partial charge in [0, 0.05) is 33.5 Å². The van der Waals surface area contributed by atoms with Crippen LogP contribution in [0.4, 0.5) is 43.9 Å². The maximum absolute atomic E-state index is 15.2. The zero-order valence-corrected chi connectivity index (χ0v) is 17.4. The molecule has 0 N–H and O–H groups in total. The quantitative estimate of drug-likeness (QED) is 0.0965. The molecule has 5 rings (SSSR count). The molecule has 0 amide bonds. The van der Waals surface area contributed by atoms with E-state index in [9.17, 15) is 35.1 Å². The third-order valence-corrected chi connectivity index (χ3v) is 5.78. The molecule has 0 aliphatic rings. The van der Waals surface area contributed by atoms with Crippen molar-refractivity contribution in [2.24, 2.45) is 0 Å². The molecule has 0 spiro atoms. The fraction of sp³-hybridized carbons (Fsp3) is 0. The molecule has 5 aromatic rings. The minimum Gasteiger partial charge on any atom is -0.207 e. The van der Waals surface area contributed by atoms with Gasteiger partial charge in [-0.25, -0.2) is 43.9 Å². The minimum absolute atomic E-state index is 0.335. The zero-order chi connectivity index (χ0) is 26.0. The SMILES string of the molecule is Fc1ccc(-c2c3ccc(F)cc3c(-c3c(F)c(F)c(F)c(F)c3F)c3c(F)ccc(F)c23)c(F)c1. The summed E-state index contributed by atoms with van der Waals surface area (Å²) in [5.41, 5.74) is -3.63. The molecule has 10 heteroatoms. The number of fused-ring (bicyclic) bond motifs is 2. The van der Waals surface area contributed by atoms with E-state index in [0.717, 1.165) is 24.3 Å². The van der Waals surface area contributed by atoms with Crippen LogP contribution in [0, 0.1) is 58.2 Å². The van der Waals surface area contributed by atoms with E-state index in [2.05, 4.69) is 0 Å². The third kappa shape index (κ3) is 3.31. The molecule has 0 unspecified atom stereocenters. The lowest BCUT2D eigenvalue weighted by Crippen LogP contribution is -2.06. The molecule has 0 atom stereocenters. The highest BCUT2D eigenvalue weighted by molar-refractivity contribution is 6.21. The Balaban J connectivity index is 2.14. The minimum atomic E-state index is -2.50. The lowest BCUT2D eigenvalue weighted by atomic mass is 9.85. The maximum atomic E-state index is 15.2. The fourth-order valence-electron chi connectivity index (χ4n) is 4.31. The van der Waals surface area contributed by atoms with Gasteiger partial charge in [0.2, 0.25) is 5.82 Å². The molecular weight excluding hydrogens is 502 g/mol. The Morgan fingerprint density at radius 2 is 0.861 bits per heavy atom. The first kappa shape index (κ1) is 23.7. The second kappa shape index (κ2) is 8.25. The van der Waals surface area contributed by atoms with Crippen LogP contribution < -0.4 is 0 Å². The van der Waals surface area contributed by atoms with Crippen molar-refractivity contribution in [3.8, 4) is 22.3 Å². The molecule has 0 heterocycles. The summed E-state index contributed by atoms with van der Waals surface area (Å²) in [6.07, 6.45) is 0. The van der Waals surface area contributed by atoms with Crippen LogP contribution in [0.15, 0.2) is 48.5 Å². The lowest BCUT2D eigenvalue weighted by Gasteiger charge is -2.20. The van der Waals surface area contributed by atoms with Crippen LogP contribution in [0.3, 0.4) is 0 Å². The van der Waals surface area contributed by atoms with E-state index >= 15 is 8.78 Å². The average Bonchev–Trinajstić information content (AvgIpc) is 2.84. The summed E-state index contributed by atoms with van der Waals surface area (Å²) in [4.78, 5) is 0. The van der Waals surface area contributed by atoms with Gasteiger partial charge in [-0.2, -0.15) is 0 Å². The topological polar surface area (TPSA) is 0 Å². The van der Waals surface area contributed by atoms with Crippen molar-refractivity contribution in [2.75, 3.05) is 0 Å².